The molecule has 0 fully saturated rings. The third-order valence-electron chi connectivity index (χ3n) is 3.79. The van der Waals surface area contributed by atoms with Crippen molar-refractivity contribution in [1.82, 2.24) is 4.98 Å². The van der Waals surface area contributed by atoms with Gasteiger partial charge in [-0.1, -0.05) is 12.1 Å². The van der Waals surface area contributed by atoms with Crippen molar-refractivity contribution in [2.45, 2.75) is 13.1 Å². The van der Waals surface area contributed by atoms with Crippen LogP contribution in [0.5, 0.6) is 0 Å². The first-order chi connectivity index (χ1) is 12.8. The number of amides is 1. The first-order valence-corrected chi connectivity index (χ1v) is 8.09. The van der Waals surface area contributed by atoms with Crippen molar-refractivity contribution in [3.8, 4) is 0 Å². The summed E-state index contributed by atoms with van der Waals surface area (Å²) in [5.41, 5.74) is 1.77. The van der Waals surface area contributed by atoms with Gasteiger partial charge >= 0.3 is 6.18 Å². The lowest BCUT2D eigenvalue weighted by atomic mass is 10.1. The Hall–Kier alpha value is -3.35. The van der Waals surface area contributed by atoms with Crippen LogP contribution in [0, 0.1) is 6.92 Å². The Morgan fingerprint density at radius 1 is 0.963 bits per heavy atom. The van der Waals surface area contributed by atoms with Gasteiger partial charge in [0.05, 0.1) is 17.4 Å². The molecule has 2 N–H and O–H groups in total. The van der Waals surface area contributed by atoms with Gasteiger partial charge in [0.1, 0.15) is 5.82 Å². The van der Waals surface area contributed by atoms with E-state index in [9.17, 15) is 18.0 Å². The van der Waals surface area contributed by atoms with E-state index >= 15 is 0 Å². The number of anilines is 3. The molecule has 7 heteroatoms. The molecule has 0 atom stereocenters. The lowest BCUT2D eigenvalue weighted by Gasteiger charge is -2.09. The number of carbonyl (C=O) groups is 1. The maximum Gasteiger partial charge on any atom is 0.416 e. The van der Waals surface area contributed by atoms with Gasteiger partial charge in [-0.3, -0.25) is 4.79 Å². The van der Waals surface area contributed by atoms with E-state index in [1.165, 1.54) is 6.20 Å². The number of aromatic nitrogens is 1. The van der Waals surface area contributed by atoms with E-state index in [4.69, 9.17) is 0 Å². The Morgan fingerprint density at radius 2 is 1.70 bits per heavy atom. The first-order valence-electron chi connectivity index (χ1n) is 8.09. The fourth-order valence-electron chi connectivity index (χ4n) is 2.43. The van der Waals surface area contributed by atoms with Gasteiger partial charge in [-0.25, -0.2) is 4.98 Å². The zero-order chi connectivity index (χ0) is 19.4. The van der Waals surface area contributed by atoms with Crippen molar-refractivity contribution in [2.24, 2.45) is 0 Å². The van der Waals surface area contributed by atoms with Crippen LogP contribution in [0.2, 0.25) is 0 Å². The molecular weight excluding hydrogens is 355 g/mol. The van der Waals surface area contributed by atoms with Crippen LogP contribution < -0.4 is 10.6 Å². The average molecular weight is 371 g/mol. The van der Waals surface area contributed by atoms with Gasteiger partial charge < -0.3 is 10.6 Å². The molecular formula is C20H16F3N3O. The SMILES string of the molecule is Cc1cccc(Nc2ccc(NC(=O)c3ccc(C(F)(F)F)cc3)cn2)c1. The fourth-order valence-corrected chi connectivity index (χ4v) is 2.43. The number of alkyl halides is 3. The van der Waals surface area contributed by atoms with Crippen molar-refractivity contribution in [3.05, 3.63) is 83.6 Å². The number of nitrogens with one attached hydrogen (secondary N) is 2. The molecule has 2 aromatic carbocycles. The summed E-state index contributed by atoms with van der Waals surface area (Å²) in [5, 5.41) is 5.75. The van der Waals surface area contributed by atoms with E-state index in [1.54, 1.807) is 12.1 Å². The van der Waals surface area contributed by atoms with Crippen LogP contribution in [0.1, 0.15) is 21.5 Å². The smallest absolute Gasteiger partial charge is 0.340 e. The molecule has 0 aliphatic rings. The van der Waals surface area contributed by atoms with Crippen LogP contribution in [0.25, 0.3) is 0 Å². The average Bonchev–Trinajstić information content (AvgIpc) is 2.63. The molecule has 1 amide bonds. The molecule has 3 aromatic rings. The molecule has 0 saturated heterocycles. The van der Waals surface area contributed by atoms with Crippen LogP contribution in [-0.4, -0.2) is 10.9 Å². The van der Waals surface area contributed by atoms with Gasteiger partial charge in [-0.15, -0.1) is 0 Å². The van der Waals surface area contributed by atoms with E-state index in [0.29, 0.717) is 11.5 Å². The minimum Gasteiger partial charge on any atom is -0.340 e. The molecule has 138 valence electrons. The van der Waals surface area contributed by atoms with Crippen molar-refractivity contribution in [3.63, 3.8) is 0 Å². The maximum atomic E-state index is 12.6. The highest BCUT2D eigenvalue weighted by Crippen LogP contribution is 2.29. The minimum atomic E-state index is -4.43. The maximum absolute atomic E-state index is 12.6. The lowest BCUT2D eigenvalue weighted by molar-refractivity contribution is -0.137. The van der Waals surface area contributed by atoms with Crippen LogP contribution in [0.3, 0.4) is 0 Å². The molecule has 3 rings (SSSR count). The Labute approximate surface area is 154 Å². The quantitative estimate of drug-likeness (QED) is 0.645. The highest BCUT2D eigenvalue weighted by atomic mass is 19.4. The number of hydrogen-bond donors (Lipinski definition) is 2. The molecule has 0 unspecified atom stereocenters. The van der Waals surface area contributed by atoms with Gasteiger partial charge in [-0.05, 0) is 61.0 Å². The van der Waals surface area contributed by atoms with Crippen molar-refractivity contribution in [1.29, 1.82) is 0 Å². The van der Waals surface area contributed by atoms with E-state index in [0.717, 1.165) is 35.5 Å². The van der Waals surface area contributed by atoms with E-state index in [-0.39, 0.29) is 5.56 Å². The predicted molar refractivity (Wildman–Crippen MR) is 98.1 cm³/mol. The summed E-state index contributed by atoms with van der Waals surface area (Å²) in [6.07, 6.45) is -2.96. The third-order valence-corrected chi connectivity index (χ3v) is 3.79. The Kier molecular flexibility index (Phi) is 5.12. The number of pyridine rings is 1. The number of nitrogens with zero attached hydrogens (tertiary/aromatic N) is 1. The second-order valence-corrected chi connectivity index (χ2v) is 5.96. The molecule has 0 saturated carbocycles. The Morgan fingerprint density at radius 3 is 2.30 bits per heavy atom. The number of hydrogen-bond acceptors (Lipinski definition) is 3. The van der Waals surface area contributed by atoms with Gasteiger partial charge in [0.15, 0.2) is 0 Å². The predicted octanol–water partition coefficient (Wildman–Crippen LogP) is 5.40. The zero-order valence-electron chi connectivity index (χ0n) is 14.3. The van der Waals surface area contributed by atoms with Crippen LogP contribution in [0.4, 0.5) is 30.4 Å². The molecule has 0 spiro atoms. The van der Waals surface area contributed by atoms with Crippen LogP contribution >= 0.6 is 0 Å². The Bertz CT molecular complexity index is 936. The summed E-state index contributed by atoms with van der Waals surface area (Å²) < 4.78 is 37.7. The number of aryl methyl sites for hydroxylation is 1. The molecule has 1 heterocycles. The van der Waals surface area contributed by atoms with Crippen LogP contribution in [-0.2, 0) is 6.18 Å². The summed E-state index contributed by atoms with van der Waals surface area (Å²) >= 11 is 0. The normalized spacial score (nSPS) is 11.1. The Balaban J connectivity index is 1.64. The highest BCUT2D eigenvalue weighted by Gasteiger charge is 2.30. The number of halogens is 3. The summed E-state index contributed by atoms with van der Waals surface area (Å²) in [5.74, 6) is 0.0954. The second-order valence-electron chi connectivity index (χ2n) is 5.96. The third kappa shape index (κ3) is 4.84. The van der Waals surface area contributed by atoms with E-state index < -0.39 is 17.6 Å². The van der Waals surface area contributed by atoms with Gasteiger partial charge in [0.25, 0.3) is 5.91 Å². The molecule has 0 aliphatic heterocycles. The summed E-state index contributed by atoms with van der Waals surface area (Å²) in [4.78, 5) is 16.4. The molecule has 0 radical (unpaired) electrons. The van der Waals surface area contributed by atoms with Gasteiger partial charge in [0.2, 0.25) is 0 Å². The van der Waals surface area contributed by atoms with Crippen molar-refractivity contribution < 1.29 is 18.0 Å². The molecule has 0 bridgehead atoms. The van der Waals surface area contributed by atoms with E-state index in [2.05, 4.69) is 15.6 Å². The lowest BCUT2D eigenvalue weighted by Crippen LogP contribution is -2.13. The first kappa shape index (κ1) is 18.4. The topological polar surface area (TPSA) is 54.0 Å². The van der Waals surface area contributed by atoms with E-state index in [1.807, 2.05) is 31.2 Å². The largest absolute Gasteiger partial charge is 0.416 e. The standard InChI is InChI=1S/C20H16F3N3O/c1-13-3-2-4-16(11-13)25-18-10-9-17(12-24-18)26-19(27)14-5-7-15(8-6-14)20(21,22)23/h2-12H,1H3,(H,24,25)(H,26,27). The number of carbonyl (C=O) groups excluding carboxylic acids is 1. The monoisotopic (exact) mass is 371 g/mol. The number of benzene rings is 2. The second kappa shape index (κ2) is 7.49. The van der Waals surface area contributed by atoms with Gasteiger partial charge in [-0.2, -0.15) is 13.2 Å². The molecule has 4 nitrogen and oxygen atoms in total. The number of rotatable bonds is 4. The van der Waals surface area contributed by atoms with Crippen LogP contribution in [0.15, 0.2) is 66.9 Å². The molecule has 0 aliphatic carbocycles. The van der Waals surface area contributed by atoms with Gasteiger partial charge in [0, 0.05) is 11.3 Å². The minimum absolute atomic E-state index is 0.130. The molecule has 1 aromatic heterocycles. The summed E-state index contributed by atoms with van der Waals surface area (Å²) in [6.45, 7) is 1.98. The fraction of sp³-hybridized carbons (Fsp3) is 0.100. The van der Waals surface area contributed by atoms with Crippen molar-refractivity contribution in [2.75, 3.05) is 10.6 Å². The summed E-state index contributed by atoms with van der Waals surface area (Å²) in [6, 6.07) is 15.2. The molecule has 27 heavy (non-hydrogen) atoms. The highest BCUT2D eigenvalue weighted by molar-refractivity contribution is 6.04. The van der Waals surface area contributed by atoms with Crippen molar-refractivity contribution >= 4 is 23.1 Å². The zero-order valence-corrected chi connectivity index (χ0v) is 14.3. The summed E-state index contributed by atoms with van der Waals surface area (Å²) in [7, 11) is 0.